The van der Waals surface area contributed by atoms with Crippen LogP contribution in [0.5, 0.6) is 0 Å². The molecular weight excluding hydrogens is 861 g/mol. The van der Waals surface area contributed by atoms with E-state index in [9.17, 15) is 24.0 Å². The molecule has 0 spiro atoms. The van der Waals surface area contributed by atoms with Crippen LogP contribution < -0.4 is 10.7 Å². The number of methoxy groups -OCH3 is 1. The Morgan fingerprint density at radius 1 is 1.09 bits per heavy atom. The average molecular weight is 924 g/mol. The van der Waals surface area contributed by atoms with Crippen molar-refractivity contribution in [3.8, 4) is 22.4 Å². The Morgan fingerprint density at radius 3 is 2.55 bits per heavy atom. The third-order valence-corrected chi connectivity index (χ3v) is 13.5. The first-order valence-electron chi connectivity index (χ1n) is 23.2. The number of nitrogens with one attached hydrogen (secondary N) is 2. The lowest BCUT2D eigenvalue weighted by Gasteiger charge is -2.37. The molecule has 0 radical (unpaired) electrons. The van der Waals surface area contributed by atoms with Crippen LogP contribution in [0.15, 0.2) is 61.3 Å². The van der Waals surface area contributed by atoms with Crippen molar-refractivity contribution in [3.05, 3.63) is 89.8 Å². The Morgan fingerprint density at radius 2 is 1.85 bits per heavy atom. The van der Waals surface area contributed by atoms with Crippen molar-refractivity contribution in [3.63, 3.8) is 0 Å². The number of ether oxygens (including phenoxy) is 2. The molecule has 4 aromatic rings. The van der Waals surface area contributed by atoms with Gasteiger partial charge in [-0.1, -0.05) is 40.3 Å². The summed E-state index contributed by atoms with van der Waals surface area (Å²) >= 11 is 0. The van der Waals surface area contributed by atoms with Crippen molar-refractivity contribution in [2.24, 2.45) is 17.3 Å². The third kappa shape index (κ3) is 10.0. The highest BCUT2D eigenvalue weighted by atomic mass is 19.1. The number of carbonyl (C=O) groups excluding carboxylic acids is 5. The Labute approximate surface area is 391 Å². The smallest absolute Gasteiger partial charge is 0.324 e. The number of fused-ring (bicyclic) bond motifs is 6. The first-order chi connectivity index (χ1) is 31.9. The molecule has 1 unspecified atom stereocenters. The quantitative estimate of drug-likeness (QED) is 0.133. The number of benzene rings is 2. The molecule has 14 nitrogen and oxygen atoms in total. The number of likely N-dealkylation sites (tertiary alicyclic amines) is 1. The van der Waals surface area contributed by atoms with Crippen molar-refractivity contribution in [1.29, 1.82) is 0 Å². The summed E-state index contributed by atoms with van der Waals surface area (Å²) in [6.45, 7) is 16.3. The lowest BCUT2D eigenvalue weighted by Crippen LogP contribution is -2.62. The maximum Gasteiger partial charge on any atom is 0.324 e. The molecule has 2 N–H and O–H groups in total. The van der Waals surface area contributed by atoms with Crippen molar-refractivity contribution < 1.29 is 42.2 Å². The van der Waals surface area contributed by atoms with Crippen LogP contribution in [0.25, 0.3) is 33.3 Å². The second-order valence-corrected chi connectivity index (χ2v) is 19.2. The predicted molar refractivity (Wildman–Crippen MR) is 250 cm³/mol. The van der Waals surface area contributed by atoms with Crippen LogP contribution in [0.2, 0.25) is 0 Å². The summed E-state index contributed by atoms with van der Waals surface area (Å²) in [5.41, 5.74) is 6.80. The number of amides is 4. The maximum atomic E-state index is 17.3. The van der Waals surface area contributed by atoms with Gasteiger partial charge < -0.3 is 29.2 Å². The zero-order valence-electron chi connectivity index (χ0n) is 39.8. The minimum Gasteiger partial charge on any atom is -0.464 e. The summed E-state index contributed by atoms with van der Waals surface area (Å²) in [5, 5.41) is 4.85. The SMILES string of the molecule is C=CC(=O)N1CC[C@H](C(=O)N(C)C(C(=O)N[C@H]2Cc3cc(F)cc(c3F)-c3ccc4c(c3)c(c(-c3cccnc3[C@H](C)OC)n4CC)CC(C)(C)COC(=O)[C@@H]3CCCN(N3)C2=O)C(C)C)C1. The van der Waals surface area contributed by atoms with Gasteiger partial charge in [-0.25, -0.2) is 14.2 Å². The molecule has 67 heavy (non-hydrogen) atoms. The highest BCUT2D eigenvalue weighted by molar-refractivity contribution is 5.96. The fourth-order valence-electron chi connectivity index (χ4n) is 9.98. The van der Waals surface area contributed by atoms with Crippen LogP contribution in [-0.4, -0.2) is 112 Å². The lowest BCUT2D eigenvalue weighted by atomic mass is 9.84. The Hall–Kier alpha value is -6.00. The number of pyridine rings is 1. The highest BCUT2D eigenvalue weighted by Gasteiger charge is 2.40. The molecule has 2 aromatic heterocycles. The molecule has 3 aliphatic rings. The van der Waals surface area contributed by atoms with Crippen LogP contribution in [0.1, 0.15) is 83.7 Å². The molecule has 5 atom stereocenters. The van der Waals surface area contributed by atoms with E-state index in [0.717, 1.165) is 45.6 Å². The molecule has 0 aliphatic carbocycles. The second kappa shape index (κ2) is 20.1. The van der Waals surface area contributed by atoms with E-state index in [1.165, 1.54) is 27.9 Å². The summed E-state index contributed by atoms with van der Waals surface area (Å²) in [7, 11) is 3.13. The van der Waals surface area contributed by atoms with Crippen LogP contribution in [0, 0.1) is 28.9 Å². The second-order valence-electron chi connectivity index (χ2n) is 19.2. The van der Waals surface area contributed by atoms with E-state index >= 15 is 8.78 Å². The van der Waals surface area contributed by atoms with E-state index in [-0.39, 0.29) is 48.7 Å². The largest absolute Gasteiger partial charge is 0.464 e. The number of nitrogens with zero attached hydrogens (tertiary/aromatic N) is 5. The van der Waals surface area contributed by atoms with Gasteiger partial charge in [0.05, 0.1) is 30.0 Å². The molecule has 358 valence electrons. The molecule has 0 saturated carbocycles. The summed E-state index contributed by atoms with van der Waals surface area (Å²) in [4.78, 5) is 76.8. The monoisotopic (exact) mass is 923 g/mol. The number of esters is 1. The van der Waals surface area contributed by atoms with E-state index in [0.29, 0.717) is 44.3 Å². The number of likely N-dealkylation sites (N-methyl/N-ethyl adjacent to an activating group) is 1. The summed E-state index contributed by atoms with van der Waals surface area (Å²) in [6, 6.07) is 8.06. The van der Waals surface area contributed by atoms with E-state index in [1.54, 1.807) is 33.2 Å². The number of aromatic nitrogens is 2. The maximum absolute atomic E-state index is 17.3. The minimum atomic E-state index is -1.47. The van der Waals surface area contributed by atoms with Gasteiger partial charge in [0.25, 0.3) is 5.91 Å². The normalized spacial score (nSPS) is 20.9. The van der Waals surface area contributed by atoms with Crippen molar-refractivity contribution >= 4 is 40.5 Å². The lowest BCUT2D eigenvalue weighted by molar-refractivity contribution is -0.155. The van der Waals surface area contributed by atoms with Gasteiger partial charge in [-0.05, 0) is 105 Å². The molecule has 3 aliphatic heterocycles. The molecule has 2 fully saturated rings. The van der Waals surface area contributed by atoms with Crippen molar-refractivity contribution in [1.82, 2.24) is 35.1 Å². The Balaban J connectivity index is 1.33. The van der Waals surface area contributed by atoms with Gasteiger partial charge in [0.1, 0.15) is 29.8 Å². The van der Waals surface area contributed by atoms with E-state index in [1.807, 2.05) is 52.0 Å². The van der Waals surface area contributed by atoms with Gasteiger partial charge in [-0.15, -0.1) is 0 Å². The van der Waals surface area contributed by atoms with Gasteiger partial charge in [0.15, 0.2) is 0 Å². The predicted octanol–water partition coefficient (Wildman–Crippen LogP) is 6.54. The van der Waals surface area contributed by atoms with Crippen molar-refractivity contribution in [2.45, 2.75) is 104 Å². The molecular formula is C51H63F2N7O7. The minimum absolute atomic E-state index is 0.0249. The van der Waals surface area contributed by atoms with Crippen LogP contribution >= 0.6 is 0 Å². The van der Waals surface area contributed by atoms with Gasteiger partial charge in [0.2, 0.25) is 17.7 Å². The fourth-order valence-corrected chi connectivity index (χ4v) is 9.98. The zero-order valence-corrected chi connectivity index (χ0v) is 39.8. The number of hydrazine groups is 1. The highest BCUT2D eigenvalue weighted by Crippen LogP contribution is 2.42. The Kier molecular flexibility index (Phi) is 14.7. The third-order valence-electron chi connectivity index (χ3n) is 13.5. The number of rotatable bonds is 10. The van der Waals surface area contributed by atoms with Crippen LogP contribution in [-0.2, 0) is 52.8 Å². The molecule has 7 rings (SSSR count). The Bertz CT molecular complexity index is 2580. The van der Waals surface area contributed by atoms with Crippen LogP contribution in [0.4, 0.5) is 8.78 Å². The average Bonchev–Trinajstić information content (AvgIpc) is 3.93. The summed E-state index contributed by atoms with van der Waals surface area (Å²) in [6.07, 6.45) is 3.70. The molecule has 2 saturated heterocycles. The zero-order chi connectivity index (χ0) is 48.5. The van der Waals surface area contributed by atoms with Gasteiger partial charge in [-0.3, -0.25) is 34.0 Å². The topological polar surface area (TPSA) is 155 Å². The molecule has 5 heterocycles. The summed E-state index contributed by atoms with van der Waals surface area (Å²) in [5.74, 6) is -5.08. The number of carbonyl (C=O) groups is 5. The number of hydrogen-bond donors (Lipinski definition) is 2. The standard InChI is InChI=1S/C51H63F2N7O7/c1-10-42(61)58-21-18-32(27-58)48(63)57(8)45(29(3)4)47(62)55-40-24-33-22-34(52)25-36(43(33)53)31-16-17-41-37(23-31)38(46(59(41)11-2)35-14-12-19-54-44(35)30(5)66-9)26-51(6,7)28-67-50(65)39-15-13-20-60(56-39)49(40)64/h10,12,14,16-17,19,22-23,25,29-30,32,39-40,45,56H,1,11,13,15,18,20-21,24,26-28H2,2-9H3,(H,55,62)/t30-,32-,39-,40-,45?/m0/s1. The van der Waals surface area contributed by atoms with Gasteiger partial charge in [-0.2, -0.15) is 0 Å². The molecule has 6 bridgehead atoms. The number of aryl methyl sites for hydroxylation is 1. The fraction of sp³-hybridized carbons (Fsp3) is 0.490. The first-order valence-corrected chi connectivity index (χ1v) is 23.2. The van der Waals surface area contributed by atoms with E-state index in [2.05, 4.69) is 21.9 Å². The molecule has 16 heteroatoms. The number of hydrogen-bond acceptors (Lipinski definition) is 9. The van der Waals surface area contributed by atoms with Crippen LogP contribution in [0.3, 0.4) is 0 Å². The van der Waals surface area contributed by atoms with Crippen molar-refractivity contribution in [2.75, 3.05) is 40.4 Å². The molecule has 4 amide bonds. The van der Waals surface area contributed by atoms with Gasteiger partial charge in [0, 0.05) is 80.4 Å². The first kappa shape index (κ1) is 48.9. The number of cyclic esters (lactones) is 1. The van der Waals surface area contributed by atoms with Gasteiger partial charge >= 0.3 is 5.97 Å². The van der Waals surface area contributed by atoms with E-state index in [4.69, 9.17) is 14.5 Å². The number of halogens is 2. The summed E-state index contributed by atoms with van der Waals surface area (Å²) < 4.78 is 47.3. The van der Waals surface area contributed by atoms with E-state index < -0.39 is 71.2 Å². The molecule has 2 aromatic carbocycles.